The molecule has 0 bridgehead atoms. The van der Waals surface area contributed by atoms with Gasteiger partial charge in [-0.05, 0) is 13.3 Å². The van der Waals surface area contributed by atoms with Crippen LogP contribution in [0.15, 0.2) is 0 Å². The highest BCUT2D eigenvalue weighted by Gasteiger charge is 2.41. The Labute approximate surface area is 119 Å². The number of epoxide rings is 1. The zero-order valence-electron chi connectivity index (χ0n) is 13.0. The fraction of sp³-hybridized carbons (Fsp3) is 0.941. The van der Waals surface area contributed by atoms with Gasteiger partial charge in [-0.15, -0.1) is 0 Å². The van der Waals surface area contributed by atoms with Gasteiger partial charge < -0.3 is 4.74 Å². The second kappa shape index (κ2) is 10.4. The summed E-state index contributed by atoms with van der Waals surface area (Å²) in [6.45, 7) is 3.90. The lowest BCUT2D eigenvalue weighted by Crippen LogP contribution is -2.04. The van der Waals surface area contributed by atoms with Crippen molar-refractivity contribution in [2.24, 2.45) is 0 Å². The first-order valence-electron chi connectivity index (χ1n) is 8.41. The molecule has 1 aliphatic heterocycles. The summed E-state index contributed by atoms with van der Waals surface area (Å²) in [7, 11) is 0. The largest absolute Gasteiger partial charge is 0.361 e. The molecule has 2 nitrogen and oxygen atoms in total. The molecule has 0 radical (unpaired) electrons. The molecule has 0 saturated carbocycles. The topological polar surface area (TPSA) is 29.6 Å². The van der Waals surface area contributed by atoms with E-state index in [2.05, 4.69) is 6.92 Å². The molecule has 0 aromatic rings. The van der Waals surface area contributed by atoms with E-state index in [1.54, 1.807) is 6.92 Å². The first kappa shape index (κ1) is 16.7. The Balaban J connectivity index is 1.71. The summed E-state index contributed by atoms with van der Waals surface area (Å²) in [6.07, 6.45) is 16.4. The van der Waals surface area contributed by atoms with Crippen molar-refractivity contribution in [3.05, 3.63) is 0 Å². The normalized spacial score (nSPS) is 21.6. The van der Waals surface area contributed by atoms with Crippen LogP contribution in [-0.4, -0.2) is 18.0 Å². The zero-order valence-corrected chi connectivity index (χ0v) is 13.0. The van der Waals surface area contributed by atoms with Crippen molar-refractivity contribution in [1.82, 2.24) is 0 Å². The van der Waals surface area contributed by atoms with E-state index in [1.807, 2.05) is 0 Å². The molecule has 0 N–H and O–H groups in total. The van der Waals surface area contributed by atoms with Crippen LogP contribution in [0.25, 0.3) is 0 Å². The highest BCUT2D eigenvalue weighted by Crippen LogP contribution is 2.28. The van der Waals surface area contributed by atoms with Gasteiger partial charge in [0.2, 0.25) is 0 Å². The van der Waals surface area contributed by atoms with Gasteiger partial charge in [-0.25, -0.2) is 0 Å². The molecule has 1 aliphatic rings. The van der Waals surface area contributed by atoms with E-state index in [9.17, 15) is 4.79 Å². The number of hydrogen-bond acceptors (Lipinski definition) is 2. The smallest absolute Gasteiger partial charge is 0.161 e. The van der Waals surface area contributed by atoms with Crippen LogP contribution >= 0.6 is 0 Å². The Kier molecular flexibility index (Phi) is 9.15. The zero-order chi connectivity index (χ0) is 13.9. The summed E-state index contributed by atoms with van der Waals surface area (Å²) in [5.41, 5.74) is 0. The number of carbonyl (C=O) groups excluding carboxylic acids is 1. The summed E-state index contributed by atoms with van der Waals surface area (Å²) in [5.74, 6) is 0.202. The average Bonchev–Trinajstić information content (AvgIpc) is 3.16. The van der Waals surface area contributed by atoms with Crippen LogP contribution in [-0.2, 0) is 9.53 Å². The second-order valence-electron chi connectivity index (χ2n) is 6.03. The van der Waals surface area contributed by atoms with Gasteiger partial charge in [-0.2, -0.15) is 0 Å². The predicted octanol–water partition coefficient (Wildman–Crippen LogP) is 5.04. The Bertz CT molecular complexity index is 237. The lowest BCUT2D eigenvalue weighted by molar-refractivity contribution is -0.118. The molecule has 0 aromatic heterocycles. The van der Waals surface area contributed by atoms with Gasteiger partial charge in [0, 0.05) is 0 Å². The van der Waals surface area contributed by atoms with Gasteiger partial charge in [-0.1, -0.05) is 77.6 Å². The summed E-state index contributed by atoms with van der Waals surface area (Å²) in [5, 5.41) is 0. The number of hydrogen-bond donors (Lipinski definition) is 0. The quantitative estimate of drug-likeness (QED) is 0.346. The van der Waals surface area contributed by atoms with Gasteiger partial charge in [0.1, 0.15) is 6.10 Å². The Morgan fingerprint density at radius 3 is 1.74 bits per heavy atom. The van der Waals surface area contributed by atoms with Gasteiger partial charge in [0.25, 0.3) is 0 Å². The number of ketones is 1. The highest BCUT2D eigenvalue weighted by molar-refractivity contribution is 5.83. The molecule has 19 heavy (non-hydrogen) atoms. The molecular formula is C17H32O2. The molecule has 2 heteroatoms. The van der Waals surface area contributed by atoms with Crippen molar-refractivity contribution in [2.45, 2.75) is 103 Å². The lowest BCUT2D eigenvalue weighted by atomic mass is 10.0. The third-order valence-electron chi connectivity index (χ3n) is 4.08. The van der Waals surface area contributed by atoms with Crippen LogP contribution in [0.2, 0.25) is 0 Å². The fourth-order valence-electron chi connectivity index (χ4n) is 2.73. The van der Waals surface area contributed by atoms with E-state index in [0.29, 0.717) is 0 Å². The van der Waals surface area contributed by atoms with E-state index in [0.717, 1.165) is 6.42 Å². The minimum absolute atomic E-state index is 0.0527. The maximum Gasteiger partial charge on any atom is 0.161 e. The molecule has 1 saturated heterocycles. The van der Waals surface area contributed by atoms with Crippen molar-refractivity contribution < 1.29 is 9.53 Å². The van der Waals surface area contributed by atoms with E-state index >= 15 is 0 Å². The second-order valence-corrected chi connectivity index (χ2v) is 6.03. The van der Waals surface area contributed by atoms with E-state index in [-0.39, 0.29) is 18.0 Å². The third kappa shape index (κ3) is 8.41. The molecule has 2 atom stereocenters. The number of unbranched alkanes of at least 4 members (excludes halogenated alkanes) is 10. The van der Waals surface area contributed by atoms with Gasteiger partial charge >= 0.3 is 0 Å². The molecule has 0 aliphatic carbocycles. The van der Waals surface area contributed by atoms with E-state index in [4.69, 9.17) is 4.74 Å². The molecule has 0 spiro atoms. The third-order valence-corrected chi connectivity index (χ3v) is 4.08. The SMILES string of the molecule is CCCCCCCCCCCCCC1OC1C(C)=O. The van der Waals surface area contributed by atoms with Crippen LogP contribution in [0.3, 0.4) is 0 Å². The monoisotopic (exact) mass is 268 g/mol. The van der Waals surface area contributed by atoms with Gasteiger partial charge in [-0.3, -0.25) is 4.79 Å². The molecule has 2 unspecified atom stereocenters. The maximum absolute atomic E-state index is 11.0. The molecule has 0 aromatic carbocycles. The summed E-state index contributed by atoms with van der Waals surface area (Å²) >= 11 is 0. The molecule has 1 fully saturated rings. The Hall–Kier alpha value is -0.370. The van der Waals surface area contributed by atoms with E-state index < -0.39 is 0 Å². The Morgan fingerprint density at radius 2 is 1.32 bits per heavy atom. The minimum atomic E-state index is -0.0527. The first-order chi connectivity index (χ1) is 9.25. The van der Waals surface area contributed by atoms with Crippen LogP contribution < -0.4 is 0 Å². The predicted molar refractivity (Wildman–Crippen MR) is 80.4 cm³/mol. The molecule has 112 valence electrons. The Morgan fingerprint density at radius 1 is 0.842 bits per heavy atom. The molecule has 0 amide bonds. The average molecular weight is 268 g/mol. The first-order valence-corrected chi connectivity index (χ1v) is 8.41. The van der Waals surface area contributed by atoms with Gasteiger partial charge in [0.05, 0.1) is 6.10 Å². The van der Waals surface area contributed by atoms with Crippen molar-refractivity contribution in [2.75, 3.05) is 0 Å². The van der Waals surface area contributed by atoms with Crippen molar-refractivity contribution >= 4 is 5.78 Å². The highest BCUT2D eigenvalue weighted by atomic mass is 16.6. The standard InChI is InChI=1S/C17H32O2/c1-3-4-5-6-7-8-9-10-11-12-13-14-16-17(19-16)15(2)18/h16-17H,3-14H2,1-2H3. The van der Waals surface area contributed by atoms with Crippen molar-refractivity contribution in [1.29, 1.82) is 0 Å². The molecule has 1 rings (SSSR count). The minimum Gasteiger partial charge on any atom is -0.361 e. The van der Waals surface area contributed by atoms with Crippen molar-refractivity contribution in [3.8, 4) is 0 Å². The van der Waals surface area contributed by atoms with Crippen LogP contribution in [0.5, 0.6) is 0 Å². The number of Topliss-reactive ketones (excluding diaryl/α,β-unsaturated/α-hetero) is 1. The van der Waals surface area contributed by atoms with Crippen LogP contribution in [0, 0.1) is 0 Å². The maximum atomic E-state index is 11.0. The number of ether oxygens (including phenoxy) is 1. The number of rotatable bonds is 13. The summed E-state index contributed by atoms with van der Waals surface area (Å²) < 4.78 is 5.32. The molecule has 1 heterocycles. The molecular weight excluding hydrogens is 236 g/mol. The summed E-state index contributed by atoms with van der Waals surface area (Å²) in [6, 6.07) is 0. The number of carbonyl (C=O) groups is 1. The lowest BCUT2D eigenvalue weighted by Gasteiger charge is -2.02. The van der Waals surface area contributed by atoms with Crippen molar-refractivity contribution in [3.63, 3.8) is 0 Å². The fourth-order valence-corrected chi connectivity index (χ4v) is 2.73. The van der Waals surface area contributed by atoms with Crippen LogP contribution in [0.4, 0.5) is 0 Å². The summed E-state index contributed by atoms with van der Waals surface area (Å²) in [4.78, 5) is 11.0. The van der Waals surface area contributed by atoms with Crippen LogP contribution in [0.1, 0.15) is 90.9 Å². The van der Waals surface area contributed by atoms with Gasteiger partial charge in [0.15, 0.2) is 5.78 Å². The van der Waals surface area contributed by atoms with E-state index in [1.165, 1.54) is 70.6 Å².